The van der Waals surface area contributed by atoms with E-state index in [4.69, 9.17) is 0 Å². The molecule has 0 saturated heterocycles. The number of guanidine groups is 1. The lowest BCUT2D eigenvalue weighted by atomic mass is 10.1. The highest BCUT2D eigenvalue weighted by molar-refractivity contribution is 14.0. The molecule has 0 heterocycles. The van der Waals surface area contributed by atoms with Gasteiger partial charge in [-0.25, -0.2) is 0 Å². The van der Waals surface area contributed by atoms with Gasteiger partial charge in [0.05, 0.1) is 0 Å². The Morgan fingerprint density at radius 2 is 1.73 bits per heavy atom. The molecular formula is C18H26IN3. The summed E-state index contributed by atoms with van der Waals surface area (Å²) in [7, 11) is 1.80. The van der Waals surface area contributed by atoms with Crippen LogP contribution in [-0.4, -0.2) is 25.1 Å². The SMILES string of the molecule is CN=C(NCCc1ccc2ccccc2c1)NC(C)(C)C.I. The molecule has 0 aliphatic heterocycles. The van der Waals surface area contributed by atoms with Crippen LogP contribution in [0.15, 0.2) is 47.5 Å². The molecule has 0 aliphatic carbocycles. The first-order chi connectivity index (χ1) is 9.98. The molecule has 0 atom stereocenters. The molecule has 0 aromatic heterocycles. The zero-order valence-corrected chi connectivity index (χ0v) is 16.1. The lowest BCUT2D eigenvalue weighted by molar-refractivity contribution is 0.501. The Morgan fingerprint density at radius 3 is 2.36 bits per heavy atom. The Bertz CT molecular complexity index is 630. The summed E-state index contributed by atoms with van der Waals surface area (Å²) in [5.41, 5.74) is 1.36. The first-order valence-electron chi connectivity index (χ1n) is 7.44. The number of nitrogens with zero attached hydrogens (tertiary/aromatic N) is 1. The summed E-state index contributed by atoms with van der Waals surface area (Å²) >= 11 is 0. The summed E-state index contributed by atoms with van der Waals surface area (Å²) in [6, 6.07) is 15.1. The second-order valence-electron chi connectivity index (χ2n) is 6.31. The Hall–Kier alpha value is -1.30. The number of rotatable bonds is 3. The van der Waals surface area contributed by atoms with E-state index >= 15 is 0 Å². The predicted molar refractivity (Wildman–Crippen MR) is 107 cm³/mol. The molecule has 0 unspecified atom stereocenters. The van der Waals surface area contributed by atoms with Crippen LogP contribution in [0.25, 0.3) is 10.8 Å². The minimum atomic E-state index is 0. The molecule has 2 aromatic carbocycles. The molecule has 120 valence electrons. The summed E-state index contributed by atoms with van der Waals surface area (Å²) < 4.78 is 0. The van der Waals surface area contributed by atoms with Crippen LogP contribution in [0, 0.1) is 0 Å². The van der Waals surface area contributed by atoms with Crippen molar-refractivity contribution in [1.82, 2.24) is 10.6 Å². The average Bonchev–Trinajstić information content (AvgIpc) is 2.45. The summed E-state index contributed by atoms with van der Waals surface area (Å²) in [5, 5.41) is 9.31. The number of aliphatic imine (C=N–C) groups is 1. The smallest absolute Gasteiger partial charge is 0.191 e. The van der Waals surface area contributed by atoms with Crippen molar-refractivity contribution in [2.24, 2.45) is 4.99 Å². The Kier molecular flexibility index (Phi) is 7.13. The Morgan fingerprint density at radius 1 is 1.05 bits per heavy atom. The van der Waals surface area contributed by atoms with Crippen molar-refractivity contribution in [3.8, 4) is 0 Å². The number of hydrogen-bond acceptors (Lipinski definition) is 1. The third kappa shape index (κ3) is 5.83. The monoisotopic (exact) mass is 411 g/mol. The van der Waals surface area contributed by atoms with E-state index in [1.165, 1.54) is 16.3 Å². The third-order valence-electron chi connectivity index (χ3n) is 3.24. The van der Waals surface area contributed by atoms with Gasteiger partial charge in [0.1, 0.15) is 0 Å². The summed E-state index contributed by atoms with van der Waals surface area (Å²) in [5.74, 6) is 0.850. The predicted octanol–water partition coefficient (Wildman–Crippen LogP) is 3.96. The van der Waals surface area contributed by atoms with Gasteiger partial charge < -0.3 is 10.6 Å². The van der Waals surface area contributed by atoms with E-state index in [9.17, 15) is 0 Å². The number of halogens is 1. The molecule has 3 nitrogen and oxygen atoms in total. The molecule has 0 bridgehead atoms. The van der Waals surface area contributed by atoms with Crippen LogP contribution < -0.4 is 10.6 Å². The van der Waals surface area contributed by atoms with Gasteiger partial charge in [0.25, 0.3) is 0 Å². The van der Waals surface area contributed by atoms with Crippen molar-refractivity contribution in [3.05, 3.63) is 48.0 Å². The standard InChI is InChI=1S/C18H25N3.HI/c1-18(2,3)21-17(19-4)20-12-11-14-9-10-15-7-5-6-8-16(15)13-14;/h5-10,13H,11-12H2,1-4H3,(H2,19,20,21);1H. The molecule has 0 spiro atoms. The molecule has 4 heteroatoms. The molecule has 0 aliphatic rings. The van der Waals surface area contributed by atoms with Gasteiger partial charge in [-0.15, -0.1) is 24.0 Å². The fourth-order valence-electron chi connectivity index (χ4n) is 2.25. The molecule has 2 N–H and O–H groups in total. The van der Waals surface area contributed by atoms with Gasteiger partial charge in [-0.3, -0.25) is 4.99 Å². The van der Waals surface area contributed by atoms with E-state index < -0.39 is 0 Å². The van der Waals surface area contributed by atoms with Crippen molar-refractivity contribution in [2.75, 3.05) is 13.6 Å². The van der Waals surface area contributed by atoms with Crippen molar-refractivity contribution in [1.29, 1.82) is 0 Å². The van der Waals surface area contributed by atoms with Gasteiger partial charge in [0.15, 0.2) is 5.96 Å². The van der Waals surface area contributed by atoms with Crippen molar-refractivity contribution in [3.63, 3.8) is 0 Å². The molecule has 22 heavy (non-hydrogen) atoms. The Balaban J connectivity index is 0.00000242. The van der Waals surface area contributed by atoms with Gasteiger partial charge in [-0.05, 0) is 43.5 Å². The summed E-state index contributed by atoms with van der Waals surface area (Å²) in [6.07, 6.45) is 0.982. The largest absolute Gasteiger partial charge is 0.356 e. The highest BCUT2D eigenvalue weighted by atomic mass is 127. The highest BCUT2D eigenvalue weighted by Gasteiger charge is 2.11. The first-order valence-corrected chi connectivity index (χ1v) is 7.44. The fraction of sp³-hybridized carbons (Fsp3) is 0.389. The number of nitrogens with one attached hydrogen (secondary N) is 2. The zero-order chi connectivity index (χ0) is 15.3. The summed E-state index contributed by atoms with van der Waals surface area (Å²) in [4.78, 5) is 4.25. The number of fused-ring (bicyclic) bond motifs is 1. The van der Waals surface area contributed by atoms with Crippen molar-refractivity contribution in [2.45, 2.75) is 32.7 Å². The molecule has 0 saturated carbocycles. The topological polar surface area (TPSA) is 36.4 Å². The van der Waals surface area contributed by atoms with E-state index in [0.29, 0.717) is 0 Å². The van der Waals surface area contributed by atoms with Crippen LogP contribution in [0.2, 0.25) is 0 Å². The summed E-state index contributed by atoms with van der Waals surface area (Å²) in [6.45, 7) is 7.25. The van der Waals surface area contributed by atoms with Gasteiger partial charge >= 0.3 is 0 Å². The van der Waals surface area contributed by atoms with E-state index in [0.717, 1.165) is 18.9 Å². The van der Waals surface area contributed by atoms with Crippen LogP contribution in [-0.2, 0) is 6.42 Å². The second-order valence-corrected chi connectivity index (χ2v) is 6.31. The maximum Gasteiger partial charge on any atom is 0.191 e. The molecule has 0 fully saturated rings. The van der Waals surface area contributed by atoms with Crippen LogP contribution >= 0.6 is 24.0 Å². The van der Waals surface area contributed by atoms with Crippen LogP contribution in [0.5, 0.6) is 0 Å². The molecule has 2 aromatic rings. The van der Waals surface area contributed by atoms with Gasteiger partial charge in [-0.2, -0.15) is 0 Å². The number of benzene rings is 2. The van der Waals surface area contributed by atoms with Crippen LogP contribution in [0.1, 0.15) is 26.3 Å². The number of hydrogen-bond donors (Lipinski definition) is 2. The lowest BCUT2D eigenvalue weighted by Crippen LogP contribution is -2.48. The van der Waals surface area contributed by atoms with Crippen LogP contribution in [0.4, 0.5) is 0 Å². The maximum atomic E-state index is 4.25. The minimum absolute atomic E-state index is 0. The maximum absolute atomic E-state index is 4.25. The first kappa shape index (κ1) is 18.7. The molecule has 0 radical (unpaired) electrons. The normalized spacial score (nSPS) is 11.9. The van der Waals surface area contributed by atoms with E-state index in [-0.39, 0.29) is 29.5 Å². The van der Waals surface area contributed by atoms with Crippen molar-refractivity contribution >= 4 is 40.7 Å². The zero-order valence-electron chi connectivity index (χ0n) is 13.8. The van der Waals surface area contributed by atoms with Crippen molar-refractivity contribution < 1.29 is 0 Å². The van der Waals surface area contributed by atoms with E-state index in [1.807, 2.05) is 0 Å². The lowest BCUT2D eigenvalue weighted by Gasteiger charge is -2.23. The minimum Gasteiger partial charge on any atom is -0.356 e. The average molecular weight is 411 g/mol. The van der Waals surface area contributed by atoms with Gasteiger partial charge in [0.2, 0.25) is 0 Å². The third-order valence-corrected chi connectivity index (χ3v) is 3.24. The fourth-order valence-corrected chi connectivity index (χ4v) is 2.25. The second kappa shape index (κ2) is 8.36. The van der Waals surface area contributed by atoms with Gasteiger partial charge in [0, 0.05) is 19.1 Å². The molecular weight excluding hydrogens is 385 g/mol. The Labute approximate surface area is 150 Å². The molecule has 2 rings (SSSR count). The quantitative estimate of drug-likeness (QED) is 0.456. The van der Waals surface area contributed by atoms with E-state index in [2.05, 4.69) is 78.9 Å². The van der Waals surface area contributed by atoms with Crippen LogP contribution in [0.3, 0.4) is 0 Å². The highest BCUT2D eigenvalue weighted by Crippen LogP contribution is 2.15. The van der Waals surface area contributed by atoms with E-state index in [1.54, 1.807) is 7.05 Å². The van der Waals surface area contributed by atoms with Gasteiger partial charge in [-0.1, -0.05) is 42.5 Å². The molecule has 0 amide bonds.